The van der Waals surface area contributed by atoms with Gasteiger partial charge >= 0.3 is 6.01 Å². The third kappa shape index (κ3) is 4.65. The summed E-state index contributed by atoms with van der Waals surface area (Å²) >= 11 is 0. The van der Waals surface area contributed by atoms with Crippen molar-refractivity contribution in [3.8, 4) is 23.0 Å². The zero-order valence-corrected chi connectivity index (χ0v) is 20.9. The first-order valence-electron chi connectivity index (χ1n) is 12.9. The molecule has 9 heteroatoms. The molecule has 3 aliphatic heterocycles. The van der Waals surface area contributed by atoms with Gasteiger partial charge in [-0.1, -0.05) is 24.3 Å². The second kappa shape index (κ2) is 10.1. The summed E-state index contributed by atoms with van der Waals surface area (Å²) in [5, 5.41) is 19.2. The molecule has 8 nitrogen and oxygen atoms in total. The minimum Gasteiger partial charge on any atom is -0.508 e. The molecule has 0 amide bonds. The van der Waals surface area contributed by atoms with Crippen molar-refractivity contribution in [2.45, 2.75) is 37.8 Å². The Labute approximate surface area is 214 Å². The lowest BCUT2D eigenvalue weighted by Gasteiger charge is -2.34. The van der Waals surface area contributed by atoms with Crippen LogP contribution in [0.5, 0.6) is 11.8 Å². The topological polar surface area (TPSA) is 95.4 Å². The van der Waals surface area contributed by atoms with E-state index in [1.807, 2.05) is 24.3 Å². The molecule has 2 unspecified atom stereocenters. The maximum absolute atomic E-state index is 15.9. The molecule has 3 aliphatic rings. The van der Waals surface area contributed by atoms with E-state index in [-0.39, 0.29) is 23.0 Å². The SMILES string of the molecule is C1CCNC1.COc1nc(N2CC3CCC(C2)N3)c2cnc(-c3cc(O)cc4ccccc34)c(F)c2n1. The predicted octanol–water partition coefficient (Wildman–Crippen LogP) is 4.01. The number of methoxy groups -OCH3 is 1. The van der Waals surface area contributed by atoms with Crippen molar-refractivity contribution < 1.29 is 14.2 Å². The Bertz CT molecular complexity index is 1420. The number of phenols is 1. The number of hydrogen-bond acceptors (Lipinski definition) is 8. The molecular formula is C28H31FN6O2. The van der Waals surface area contributed by atoms with Crippen LogP contribution in [0.1, 0.15) is 25.7 Å². The first-order chi connectivity index (χ1) is 18.1. The second-order valence-electron chi connectivity index (χ2n) is 9.93. The van der Waals surface area contributed by atoms with Crippen LogP contribution in [0, 0.1) is 5.82 Å². The van der Waals surface area contributed by atoms with Crippen LogP contribution >= 0.6 is 0 Å². The molecule has 0 spiro atoms. The standard InChI is InChI=1S/C24H22FN5O2.C4H9N/c1-32-24-28-22-19(23(29-24)30-11-14-6-7-15(12-30)27-14)10-26-21(20(22)25)18-9-16(31)8-13-4-2-3-5-17(13)18;1-2-4-5-3-1/h2-5,8-10,14-15,27,31H,6-7,11-12H2,1H3;5H,1-4H2. The molecule has 2 bridgehead atoms. The number of rotatable bonds is 3. The Balaban J connectivity index is 0.000000453. The zero-order valence-electron chi connectivity index (χ0n) is 20.9. The van der Waals surface area contributed by atoms with E-state index in [0.29, 0.717) is 28.9 Å². The number of phenolic OH excluding ortho intramolecular Hbond substituents is 1. The van der Waals surface area contributed by atoms with Crippen molar-refractivity contribution in [2.75, 3.05) is 38.2 Å². The number of nitrogens with zero attached hydrogens (tertiary/aromatic N) is 4. The maximum Gasteiger partial charge on any atom is 0.318 e. The number of ether oxygens (including phenoxy) is 1. The highest BCUT2D eigenvalue weighted by molar-refractivity contribution is 5.99. The van der Waals surface area contributed by atoms with Gasteiger partial charge in [-0.3, -0.25) is 4.98 Å². The lowest BCUT2D eigenvalue weighted by Crippen LogP contribution is -2.51. The minimum atomic E-state index is -0.557. The highest BCUT2D eigenvalue weighted by atomic mass is 19.1. The van der Waals surface area contributed by atoms with Gasteiger partial charge in [0.05, 0.1) is 12.5 Å². The van der Waals surface area contributed by atoms with Gasteiger partial charge in [-0.2, -0.15) is 9.97 Å². The average Bonchev–Trinajstić information content (AvgIpc) is 3.61. The summed E-state index contributed by atoms with van der Waals surface area (Å²) in [6.07, 6.45) is 6.66. The Morgan fingerprint density at radius 2 is 1.78 bits per heavy atom. The van der Waals surface area contributed by atoms with Crippen molar-refractivity contribution in [1.29, 1.82) is 0 Å². The van der Waals surface area contributed by atoms with E-state index in [0.717, 1.165) is 36.7 Å². The van der Waals surface area contributed by atoms with E-state index >= 15 is 4.39 Å². The van der Waals surface area contributed by atoms with E-state index in [1.165, 1.54) is 39.1 Å². The fourth-order valence-corrected chi connectivity index (χ4v) is 5.63. The Morgan fingerprint density at radius 3 is 2.49 bits per heavy atom. The number of piperazine rings is 1. The summed E-state index contributed by atoms with van der Waals surface area (Å²) in [5.74, 6) is 0.138. The average molecular weight is 503 g/mol. The van der Waals surface area contributed by atoms with Gasteiger partial charge < -0.3 is 25.4 Å². The molecule has 5 heterocycles. The fourth-order valence-electron chi connectivity index (χ4n) is 5.63. The van der Waals surface area contributed by atoms with E-state index in [4.69, 9.17) is 4.74 Å². The molecule has 37 heavy (non-hydrogen) atoms. The van der Waals surface area contributed by atoms with Crippen LogP contribution in [0.25, 0.3) is 32.9 Å². The van der Waals surface area contributed by atoms with Crippen LogP contribution < -0.4 is 20.3 Å². The largest absolute Gasteiger partial charge is 0.508 e. The van der Waals surface area contributed by atoms with Gasteiger partial charge in [-0.15, -0.1) is 0 Å². The molecule has 3 N–H and O–H groups in total. The predicted molar refractivity (Wildman–Crippen MR) is 143 cm³/mol. The summed E-state index contributed by atoms with van der Waals surface area (Å²) in [6, 6.07) is 11.6. The number of fused-ring (bicyclic) bond motifs is 4. The number of hydrogen-bond donors (Lipinski definition) is 3. The van der Waals surface area contributed by atoms with Crippen molar-refractivity contribution in [1.82, 2.24) is 25.6 Å². The van der Waals surface area contributed by atoms with E-state index in [1.54, 1.807) is 12.3 Å². The van der Waals surface area contributed by atoms with Crippen LogP contribution in [0.2, 0.25) is 0 Å². The molecule has 2 aromatic carbocycles. The third-order valence-electron chi connectivity index (χ3n) is 7.40. The summed E-state index contributed by atoms with van der Waals surface area (Å²) in [7, 11) is 1.48. The summed E-state index contributed by atoms with van der Waals surface area (Å²) in [4.78, 5) is 15.6. The first-order valence-corrected chi connectivity index (χ1v) is 12.9. The number of halogens is 1. The van der Waals surface area contributed by atoms with Gasteiger partial charge in [-0.25, -0.2) is 4.39 Å². The number of pyridine rings is 1. The molecule has 2 atom stereocenters. The lowest BCUT2D eigenvalue weighted by molar-refractivity contribution is 0.380. The minimum absolute atomic E-state index is 0.0530. The molecule has 192 valence electrons. The smallest absolute Gasteiger partial charge is 0.318 e. The van der Waals surface area contributed by atoms with Gasteiger partial charge in [0, 0.05) is 36.9 Å². The highest BCUT2D eigenvalue weighted by Crippen LogP contribution is 2.37. The number of nitrogens with one attached hydrogen (secondary N) is 2. The fraction of sp³-hybridized carbons (Fsp3) is 0.393. The van der Waals surface area contributed by atoms with Crippen LogP contribution in [0.15, 0.2) is 42.6 Å². The molecule has 3 saturated heterocycles. The van der Waals surface area contributed by atoms with Crippen molar-refractivity contribution in [3.05, 3.63) is 48.4 Å². The normalized spacial score (nSPS) is 20.8. The van der Waals surface area contributed by atoms with E-state index in [9.17, 15) is 5.11 Å². The Morgan fingerprint density at radius 1 is 1.03 bits per heavy atom. The Kier molecular flexibility index (Phi) is 6.48. The van der Waals surface area contributed by atoms with Gasteiger partial charge in [0.2, 0.25) is 0 Å². The lowest BCUT2D eigenvalue weighted by atomic mass is 10.0. The van der Waals surface area contributed by atoms with Crippen molar-refractivity contribution >= 4 is 27.5 Å². The molecule has 0 saturated carbocycles. The van der Waals surface area contributed by atoms with Crippen LogP contribution in [-0.2, 0) is 0 Å². The van der Waals surface area contributed by atoms with Gasteiger partial charge in [-0.05, 0) is 61.7 Å². The molecule has 3 fully saturated rings. The van der Waals surface area contributed by atoms with Crippen molar-refractivity contribution in [3.63, 3.8) is 0 Å². The molecule has 0 aliphatic carbocycles. The summed E-state index contributed by atoms with van der Waals surface area (Å²) in [5.41, 5.74) is 0.811. The van der Waals surface area contributed by atoms with Crippen LogP contribution in [-0.4, -0.2) is 65.4 Å². The highest BCUT2D eigenvalue weighted by Gasteiger charge is 2.34. The second-order valence-corrected chi connectivity index (χ2v) is 9.93. The maximum atomic E-state index is 15.9. The first kappa shape index (κ1) is 23.8. The van der Waals surface area contributed by atoms with Gasteiger partial charge in [0.1, 0.15) is 22.8 Å². The van der Waals surface area contributed by atoms with E-state index in [2.05, 4.69) is 30.5 Å². The monoisotopic (exact) mass is 502 g/mol. The van der Waals surface area contributed by atoms with Crippen LogP contribution in [0.3, 0.4) is 0 Å². The Hall–Kier alpha value is -3.56. The molecule has 2 aromatic heterocycles. The molecule has 7 rings (SSSR count). The molecular weight excluding hydrogens is 471 g/mol. The quantitative estimate of drug-likeness (QED) is 0.387. The molecule has 4 aromatic rings. The molecule has 0 radical (unpaired) electrons. The number of benzene rings is 2. The van der Waals surface area contributed by atoms with Gasteiger partial charge in [0.25, 0.3) is 0 Å². The summed E-state index contributed by atoms with van der Waals surface area (Å²) < 4.78 is 21.2. The van der Waals surface area contributed by atoms with Crippen molar-refractivity contribution in [2.24, 2.45) is 0 Å². The number of aromatic nitrogens is 3. The number of anilines is 1. The zero-order chi connectivity index (χ0) is 25.4. The summed E-state index contributed by atoms with van der Waals surface area (Å²) in [6.45, 7) is 4.10. The van der Waals surface area contributed by atoms with Crippen LogP contribution in [0.4, 0.5) is 10.2 Å². The van der Waals surface area contributed by atoms with E-state index < -0.39 is 5.82 Å². The van der Waals surface area contributed by atoms with Gasteiger partial charge in [0.15, 0.2) is 5.82 Å². The third-order valence-corrected chi connectivity index (χ3v) is 7.40. The number of aromatic hydroxyl groups is 1.